The first kappa shape index (κ1) is 27.3. The molecule has 4 aromatic carbocycles. The number of ether oxygens (including phenoxy) is 2. The van der Waals surface area contributed by atoms with Crippen LogP contribution in [0.5, 0.6) is 11.5 Å². The third-order valence-corrected chi connectivity index (χ3v) is 11.4. The summed E-state index contributed by atoms with van der Waals surface area (Å²) in [7, 11) is 0. The largest absolute Gasteiger partial charge is 0.456 e. The van der Waals surface area contributed by atoms with Crippen LogP contribution in [0.15, 0.2) is 54.6 Å². The molecule has 0 bridgehead atoms. The van der Waals surface area contributed by atoms with Gasteiger partial charge >= 0.3 is 5.97 Å². The lowest BCUT2D eigenvalue weighted by Crippen LogP contribution is -2.40. The van der Waals surface area contributed by atoms with Gasteiger partial charge in [-0.15, -0.1) is 0 Å². The number of nitrogens with one attached hydrogen (secondary N) is 1. The second kappa shape index (κ2) is 9.86. The van der Waals surface area contributed by atoms with Gasteiger partial charge in [-0.05, 0) is 105 Å². The molecule has 7 heteroatoms. The number of hydrogen-bond donors (Lipinski definition) is 1. The first-order valence-electron chi connectivity index (χ1n) is 17.3. The number of nitrogens with zero attached hydrogens (tertiary/aromatic N) is 2. The number of fused-ring (bicyclic) bond motifs is 8. The summed E-state index contributed by atoms with van der Waals surface area (Å²) in [5, 5.41) is 3.03. The Balaban J connectivity index is 1.21. The summed E-state index contributed by atoms with van der Waals surface area (Å²) in [6.45, 7) is 6.24. The Labute approximate surface area is 274 Å². The van der Waals surface area contributed by atoms with Gasteiger partial charge in [-0.1, -0.05) is 24.3 Å². The fourth-order valence-electron chi connectivity index (χ4n) is 9.38. The summed E-state index contributed by atoms with van der Waals surface area (Å²) in [6.07, 6.45) is 8.25. The van der Waals surface area contributed by atoms with Crippen molar-refractivity contribution in [1.29, 1.82) is 0 Å². The molecule has 0 saturated heterocycles. The Kier molecular flexibility index (Phi) is 5.74. The minimum atomic E-state index is -1.14. The van der Waals surface area contributed by atoms with Crippen molar-refractivity contribution in [3.63, 3.8) is 0 Å². The highest BCUT2D eigenvalue weighted by molar-refractivity contribution is 6.07. The van der Waals surface area contributed by atoms with E-state index >= 15 is 0 Å². The molecule has 0 fully saturated rings. The fraction of sp³-hybridized carbons (Fsp3) is 0.350. The second-order valence-corrected chi connectivity index (χ2v) is 14.1. The topological polar surface area (TPSA) is 71.1 Å². The van der Waals surface area contributed by atoms with Gasteiger partial charge in [-0.25, -0.2) is 4.79 Å². The van der Waals surface area contributed by atoms with Crippen molar-refractivity contribution in [1.82, 2.24) is 0 Å². The van der Waals surface area contributed by atoms with Gasteiger partial charge in [0.2, 0.25) is 0 Å². The molecule has 0 atom stereocenters. The highest BCUT2D eigenvalue weighted by Gasteiger charge is 2.56. The van der Waals surface area contributed by atoms with E-state index in [0.717, 1.165) is 117 Å². The maximum absolute atomic E-state index is 14.1. The summed E-state index contributed by atoms with van der Waals surface area (Å²) < 4.78 is 14.0. The van der Waals surface area contributed by atoms with Gasteiger partial charge < -0.3 is 24.6 Å². The van der Waals surface area contributed by atoms with Crippen LogP contribution in [-0.4, -0.2) is 38.1 Å². The van der Waals surface area contributed by atoms with E-state index in [4.69, 9.17) is 9.47 Å². The number of anilines is 3. The molecule has 1 N–H and O–H groups in total. The molecule has 0 aromatic heterocycles. The van der Waals surface area contributed by atoms with E-state index in [1.165, 1.54) is 33.6 Å². The molecule has 10 rings (SSSR count). The molecule has 6 heterocycles. The lowest BCUT2D eigenvalue weighted by molar-refractivity contribution is 0.0222. The summed E-state index contributed by atoms with van der Waals surface area (Å²) in [5.74, 6) is 1.09. The normalized spacial score (nSPS) is 19.1. The molecule has 0 saturated carbocycles. The minimum Gasteiger partial charge on any atom is -0.456 e. The molecule has 47 heavy (non-hydrogen) atoms. The molecule has 0 radical (unpaired) electrons. The van der Waals surface area contributed by atoms with Crippen LogP contribution < -0.4 is 19.9 Å². The number of benzene rings is 4. The number of hydrogen-bond acceptors (Lipinski definition) is 6. The second-order valence-electron chi connectivity index (χ2n) is 14.1. The SMILES string of the molecule is Cc1ccccc1NC(=O)c1ccc2c(c1)C(=O)OC21c2cc3c4c(c2Oc2c1cc1c5c2CCCN5CCC1)CCCN4CCC3. The van der Waals surface area contributed by atoms with Crippen molar-refractivity contribution < 1.29 is 19.1 Å². The van der Waals surface area contributed by atoms with Gasteiger partial charge in [0.15, 0.2) is 5.60 Å². The maximum Gasteiger partial charge on any atom is 0.340 e. The van der Waals surface area contributed by atoms with Gasteiger partial charge in [0, 0.05) is 76.6 Å². The van der Waals surface area contributed by atoms with Crippen LogP contribution in [0.4, 0.5) is 17.1 Å². The summed E-state index contributed by atoms with van der Waals surface area (Å²) in [4.78, 5) is 32.7. The predicted octanol–water partition coefficient (Wildman–Crippen LogP) is 7.21. The van der Waals surface area contributed by atoms with Gasteiger partial charge in [0.05, 0.1) is 5.56 Å². The maximum atomic E-state index is 14.1. The predicted molar refractivity (Wildman–Crippen MR) is 182 cm³/mol. The molecule has 0 aliphatic carbocycles. The Bertz CT molecular complexity index is 1980. The zero-order valence-electron chi connectivity index (χ0n) is 26.7. The molecular weight excluding hydrogens is 586 g/mol. The molecular formula is C40H37N3O4. The standard InChI is InChI=1S/C40H37N3O4/c1-23-8-2-3-13-33(23)41-38(44)26-14-15-30-29(20-26)39(45)47-40(30)31-21-24-9-4-16-42-18-6-11-27(34(24)42)36(31)46-37-28-12-7-19-43-17-5-10-25(35(28)43)22-32(37)40/h2-3,8,13-15,20-22H,4-7,9-12,16-19H2,1H3,(H,41,44). The van der Waals surface area contributed by atoms with E-state index in [0.29, 0.717) is 11.1 Å². The van der Waals surface area contributed by atoms with Gasteiger partial charge in [-0.3, -0.25) is 4.79 Å². The van der Waals surface area contributed by atoms with E-state index in [1.54, 1.807) is 6.07 Å². The average molecular weight is 624 g/mol. The lowest BCUT2D eigenvalue weighted by Gasteiger charge is -2.45. The van der Waals surface area contributed by atoms with E-state index in [9.17, 15) is 9.59 Å². The zero-order chi connectivity index (χ0) is 31.4. The smallest absolute Gasteiger partial charge is 0.340 e. The third-order valence-electron chi connectivity index (χ3n) is 11.4. The van der Waals surface area contributed by atoms with Gasteiger partial charge in [-0.2, -0.15) is 0 Å². The van der Waals surface area contributed by atoms with E-state index in [2.05, 4.69) is 27.2 Å². The van der Waals surface area contributed by atoms with E-state index in [-0.39, 0.29) is 5.91 Å². The molecule has 236 valence electrons. The highest BCUT2D eigenvalue weighted by atomic mass is 16.6. The molecule has 6 aliphatic rings. The third kappa shape index (κ3) is 3.74. The van der Waals surface area contributed by atoms with Crippen molar-refractivity contribution >= 4 is 28.9 Å². The summed E-state index contributed by atoms with van der Waals surface area (Å²) in [5.41, 5.74) is 11.9. The molecule has 4 aromatic rings. The van der Waals surface area contributed by atoms with Crippen LogP contribution in [0.25, 0.3) is 0 Å². The molecule has 1 spiro atoms. The van der Waals surface area contributed by atoms with Crippen LogP contribution >= 0.6 is 0 Å². The lowest BCUT2D eigenvalue weighted by atomic mass is 9.72. The quantitative estimate of drug-likeness (QED) is 0.238. The van der Waals surface area contributed by atoms with Crippen LogP contribution in [0, 0.1) is 6.92 Å². The summed E-state index contributed by atoms with van der Waals surface area (Å²) >= 11 is 0. The van der Waals surface area contributed by atoms with Crippen molar-refractivity contribution in [3.8, 4) is 11.5 Å². The number of amides is 1. The van der Waals surface area contributed by atoms with E-state index in [1.807, 2.05) is 43.3 Å². The molecule has 7 nitrogen and oxygen atoms in total. The highest BCUT2D eigenvalue weighted by Crippen LogP contribution is 2.62. The number of aryl methyl sites for hydroxylation is 3. The molecule has 6 aliphatic heterocycles. The van der Waals surface area contributed by atoms with Crippen molar-refractivity contribution in [2.24, 2.45) is 0 Å². The number of para-hydroxylation sites is 1. The van der Waals surface area contributed by atoms with Crippen LogP contribution in [0.1, 0.15) is 90.9 Å². The minimum absolute atomic E-state index is 0.249. The molecule has 1 amide bonds. The Morgan fingerprint density at radius 3 is 1.96 bits per heavy atom. The van der Waals surface area contributed by atoms with Gasteiger partial charge in [0.25, 0.3) is 5.91 Å². The number of carbonyl (C=O) groups is 2. The van der Waals surface area contributed by atoms with Crippen LogP contribution in [0.2, 0.25) is 0 Å². The molecule has 0 unspecified atom stereocenters. The van der Waals surface area contributed by atoms with E-state index < -0.39 is 11.6 Å². The first-order chi connectivity index (χ1) is 23.0. The zero-order valence-corrected chi connectivity index (χ0v) is 26.7. The number of carbonyl (C=O) groups excluding carboxylic acids is 2. The van der Waals surface area contributed by atoms with Crippen molar-refractivity contribution in [2.75, 3.05) is 41.3 Å². The number of rotatable bonds is 2. The Morgan fingerprint density at radius 2 is 1.34 bits per heavy atom. The van der Waals surface area contributed by atoms with Gasteiger partial charge in [0.1, 0.15) is 11.5 Å². The Hall–Kier alpha value is -4.78. The van der Waals surface area contributed by atoms with Crippen molar-refractivity contribution in [3.05, 3.63) is 110 Å². The number of esters is 1. The summed E-state index contributed by atoms with van der Waals surface area (Å²) in [6, 6.07) is 17.8. The van der Waals surface area contributed by atoms with Crippen LogP contribution in [-0.2, 0) is 36.0 Å². The van der Waals surface area contributed by atoms with Crippen LogP contribution in [0.3, 0.4) is 0 Å². The van der Waals surface area contributed by atoms with Crippen molar-refractivity contribution in [2.45, 2.75) is 63.9 Å². The Morgan fingerprint density at radius 1 is 0.745 bits per heavy atom. The average Bonchev–Trinajstić information content (AvgIpc) is 3.39. The first-order valence-corrected chi connectivity index (χ1v) is 17.3. The fourth-order valence-corrected chi connectivity index (χ4v) is 9.38. The monoisotopic (exact) mass is 623 g/mol.